The maximum Gasteiger partial charge on any atom is 0.252 e. The van der Waals surface area contributed by atoms with E-state index in [2.05, 4.69) is 42.7 Å². The quantitative estimate of drug-likeness (QED) is 0.383. The maximum atomic E-state index is 12.9. The van der Waals surface area contributed by atoms with Gasteiger partial charge in [0, 0.05) is 59.6 Å². The fourth-order valence-electron chi connectivity index (χ4n) is 4.61. The average Bonchev–Trinajstić information content (AvgIpc) is 3.47. The third-order valence-corrected chi connectivity index (χ3v) is 6.49. The molecule has 9 nitrogen and oxygen atoms in total. The highest BCUT2D eigenvalue weighted by molar-refractivity contribution is 5.76. The van der Waals surface area contributed by atoms with E-state index < -0.39 is 0 Å². The first-order chi connectivity index (χ1) is 17.7. The van der Waals surface area contributed by atoms with Crippen LogP contribution in [0.25, 0.3) is 22.3 Å². The Morgan fingerprint density at radius 3 is 2.64 bits per heavy atom. The Morgan fingerprint density at radius 2 is 1.83 bits per heavy atom. The molecule has 0 amide bonds. The van der Waals surface area contributed by atoms with Gasteiger partial charge in [-0.2, -0.15) is 4.98 Å². The lowest BCUT2D eigenvalue weighted by Gasteiger charge is -2.13. The minimum absolute atomic E-state index is 0.161. The number of fused-ring (bicyclic) bond motifs is 1. The molecule has 36 heavy (non-hydrogen) atoms. The molecule has 0 spiro atoms. The van der Waals surface area contributed by atoms with Crippen molar-refractivity contribution >= 4 is 22.7 Å². The summed E-state index contributed by atoms with van der Waals surface area (Å²) >= 11 is 0. The van der Waals surface area contributed by atoms with Gasteiger partial charge in [0.2, 0.25) is 5.95 Å². The predicted octanol–water partition coefficient (Wildman–Crippen LogP) is 3.51. The van der Waals surface area contributed by atoms with Gasteiger partial charge >= 0.3 is 0 Å². The third kappa shape index (κ3) is 4.44. The lowest BCUT2D eigenvalue weighted by Crippen LogP contribution is -2.21. The van der Waals surface area contributed by atoms with Crippen LogP contribution in [0.3, 0.4) is 0 Å². The SMILES string of the molecule is O=c1ccc2cnc(Nc3ccc(C4CCNC4)cc3)nc2n1Cc1cncnc1-c1ccncc1. The summed E-state index contributed by atoms with van der Waals surface area (Å²) in [6, 6.07) is 15.4. The Bertz CT molecular complexity index is 1560. The molecular weight excluding hydrogens is 452 g/mol. The Morgan fingerprint density at radius 1 is 0.972 bits per heavy atom. The van der Waals surface area contributed by atoms with E-state index >= 15 is 0 Å². The Labute approximate surface area is 207 Å². The minimum Gasteiger partial charge on any atom is -0.324 e. The Kier molecular flexibility index (Phi) is 5.88. The van der Waals surface area contributed by atoms with Gasteiger partial charge in [-0.3, -0.25) is 14.3 Å². The van der Waals surface area contributed by atoms with E-state index in [1.807, 2.05) is 24.3 Å². The molecule has 1 fully saturated rings. The molecule has 5 heterocycles. The molecule has 2 N–H and O–H groups in total. The van der Waals surface area contributed by atoms with E-state index in [1.54, 1.807) is 35.4 Å². The molecule has 1 aliphatic heterocycles. The van der Waals surface area contributed by atoms with Crippen molar-refractivity contribution in [2.75, 3.05) is 18.4 Å². The summed E-state index contributed by atoms with van der Waals surface area (Å²) in [6.45, 7) is 2.36. The van der Waals surface area contributed by atoms with E-state index in [4.69, 9.17) is 4.98 Å². The number of pyridine rings is 2. The van der Waals surface area contributed by atoms with E-state index in [-0.39, 0.29) is 12.1 Å². The average molecular weight is 477 g/mol. The van der Waals surface area contributed by atoms with Gasteiger partial charge in [0.05, 0.1) is 12.2 Å². The van der Waals surface area contributed by atoms with Crippen LogP contribution in [-0.4, -0.2) is 42.6 Å². The number of nitrogens with zero attached hydrogens (tertiary/aromatic N) is 6. The molecular formula is C27H24N8O. The van der Waals surface area contributed by atoms with Gasteiger partial charge in [-0.1, -0.05) is 12.1 Å². The van der Waals surface area contributed by atoms with Crippen LogP contribution < -0.4 is 16.2 Å². The number of hydrogen-bond donors (Lipinski definition) is 2. The van der Waals surface area contributed by atoms with Crippen LogP contribution >= 0.6 is 0 Å². The van der Waals surface area contributed by atoms with Crippen molar-refractivity contribution in [1.29, 1.82) is 0 Å². The van der Waals surface area contributed by atoms with Crippen LogP contribution in [0.5, 0.6) is 0 Å². The van der Waals surface area contributed by atoms with Crippen LogP contribution in [0, 0.1) is 0 Å². The van der Waals surface area contributed by atoms with Crippen molar-refractivity contribution in [1.82, 2.24) is 34.8 Å². The minimum atomic E-state index is -0.161. The second-order valence-corrected chi connectivity index (χ2v) is 8.80. The molecule has 1 unspecified atom stereocenters. The van der Waals surface area contributed by atoms with Crippen molar-refractivity contribution in [3.05, 3.63) is 101 Å². The molecule has 4 aromatic heterocycles. The smallest absolute Gasteiger partial charge is 0.252 e. The van der Waals surface area contributed by atoms with Crippen LogP contribution in [0.4, 0.5) is 11.6 Å². The molecule has 1 saturated heterocycles. The van der Waals surface area contributed by atoms with Gasteiger partial charge in [0.25, 0.3) is 5.56 Å². The van der Waals surface area contributed by atoms with Crippen molar-refractivity contribution in [3.8, 4) is 11.3 Å². The highest BCUT2D eigenvalue weighted by atomic mass is 16.1. The molecule has 0 aliphatic carbocycles. The van der Waals surface area contributed by atoms with Crippen LogP contribution in [-0.2, 0) is 6.54 Å². The number of anilines is 2. The molecule has 1 aliphatic rings. The van der Waals surface area contributed by atoms with Crippen molar-refractivity contribution in [3.63, 3.8) is 0 Å². The summed E-state index contributed by atoms with van der Waals surface area (Å²) < 4.78 is 1.63. The van der Waals surface area contributed by atoms with Gasteiger partial charge in [-0.05, 0) is 54.8 Å². The molecule has 5 aromatic rings. The third-order valence-electron chi connectivity index (χ3n) is 6.49. The standard InChI is InChI=1S/C27H24N8O/c36-24-6-3-21-15-31-27(33-23-4-1-18(2-5-23)20-9-12-29-13-20)34-26(21)35(24)16-22-14-30-17-32-25(22)19-7-10-28-11-8-19/h1-8,10-11,14-15,17,20,29H,9,12-13,16H2,(H,31,33,34). The number of aromatic nitrogens is 6. The van der Waals surface area contributed by atoms with Gasteiger partial charge in [-0.15, -0.1) is 0 Å². The van der Waals surface area contributed by atoms with E-state index in [0.29, 0.717) is 17.5 Å². The van der Waals surface area contributed by atoms with Crippen molar-refractivity contribution < 1.29 is 0 Å². The number of benzene rings is 1. The molecule has 0 radical (unpaired) electrons. The summed E-state index contributed by atoms with van der Waals surface area (Å²) in [4.78, 5) is 34.9. The first kappa shape index (κ1) is 22.0. The Balaban J connectivity index is 1.32. The largest absolute Gasteiger partial charge is 0.324 e. The first-order valence-electron chi connectivity index (χ1n) is 11.9. The molecule has 1 aromatic carbocycles. The van der Waals surface area contributed by atoms with E-state index in [1.165, 1.54) is 18.0 Å². The molecule has 0 saturated carbocycles. The summed E-state index contributed by atoms with van der Waals surface area (Å²) in [7, 11) is 0. The molecule has 178 valence electrons. The molecule has 0 bridgehead atoms. The van der Waals surface area contributed by atoms with Crippen molar-refractivity contribution in [2.45, 2.75) is 18.9 Å². The highest BCUT2D eigenvalue weighted by Crippen LogP contribution is 2.25. The fourth-order valence-corrected chi connectivity index (χ4v) is 4.61. The van der Waals surface area contributed by atoms with Gasteiger partial charge in [-0.25, -0.2) is 15.0 Å². The predicted molar refractivity (Wildman–Crippen MR) is 138 cm³/mol. The molecule has 6 rings (SSSR count). The zero-order chi connectivity index (χ0) is 24.3. The lowest BCUT2D eigenvalue weighted by molar-refractivity contribution is 0.763. The van der Waals surface area contributed by atoms with Crippen LogP contribution in [0.2, 0.25) is 0 Å². The number of hydrogen-bond acceptors (Lipinski definition) is 8. The number of nitrogens with one attached hydrogen (secondary N) is 2. The van der Waals surface area contributed by atoms with E-state index in [0.717, 1.165) is 47.4 Å². The topological polar surface area (TPSA) is 111 Å². The molecule has 1 atom stereocenters. The maximum absolute atomic E-state index is 12.9. The van der Waals surface area contributed by atoms with Crippen LogP contribution in [0.15, 0.2) is 84.4 Å². The molecule has 9 heteroatoms. The summed E-state index contributed by atoms with van der Waals surface area (Å²) in [5.41, 5.74) is 5.07. The second kappa shape index (κ2) is 9.63. The monoisotopic (exact) mass is 476 g/mol. The van der Waals surface area contributed by atoms with Crippen LogP contribution in [0.1, 0.15) is 23.5 Å². The zero-order valence-electron chi connectivity index (χ0n) is 19.5. The lowest BCUT2D eigenvalue weighted by atomic mass is 9.98. The zero-order valence-corrected chi connectivity index (χ0v) is 19.5. The highest BCUT2D eigenvalue weighted by Gasteiger charge is 2.16. The summed E-state index contributed by atoms with van der Waals surface area (Å²) in [6.07, 6.45) is 9.55. The van der Waals surface area contributed by atoms with Gasteiger partial charge in [0.15, 0.2) is 0 Å². The summed E-state index contributed by atoms with van der Waals surface area (Å²) in [5, 5.41) is 7.45. The normalized spacial score (nSPS) is 15.3. The van der Waals surface area contributed by atoms with Crippen molar-refractivity contribution in [2.24, 2.45) is 0 Å². The second-order valence-electron chi connectivity index (χ2n) is 8.80. The fraction of sp³-hybridized carbons (Fsp3) is 0.185. The first-order valence-corrected chi connectivity index (χ1v) is 11.9. The van der Waals surface area contributed by atoms with Gasteiger partial charge < -0.3 is 10.6 Å². The summed E-state index contributed by atoms with van der Waals surface area (Å²) in [5.74, 6) is 0.986. The Hall–Kier alpha value is -4.50. The number of rotatable bonds is 6. The van der Waals surface area contributed by atoms with E-state index in [9.17, 15) is 4.79 Å². The van der Waals surface area contributed by atoms with Gasteiger partial charge in [0.1, 0.15) is 12.0 Å².